The Labute approximate surface area is 126 Å². The first-order chi connectivity index (χ1) is 10.7. The van der Waals surface area contributed by atoms with Crippen molar-refractivity contribution in [2.75, 3.05) is 0 Å². The number of nitrogens with zero attached hydrogens (tertiary/aromatic N) is 1. The molecule has 0 amide bonds. The van der Waals surface area contributed by atoms with Crippen molar-refractivity contribution >= 4 is 23.1 Å². The summed E-state index contributed by atoms with van der Waals surface area (Å²) in [6.07, 6.45) is 2.63. The van der Waals surface area contributed by atoms with E-state index in [1.54, 1.807) is 24.3 Å². The lowest BCUT2D eigenvalue weighted by molar-refractivity contribution is -0.131. The molecule has 2 N–H and O–H groups in total. The van der Waals surface area contributed by atoms with Crippen LogP contribution in [0.2, 0.25) is 0 Å². The molecule has 1 aromatic heterocycles. The maximum atomic E-state index is 10.5. The number of benzene rings is 2. The Balaban J connectivity index is 1.64. The average Bonchev–Trinajstić information content (AvgIpc) is 2.95. The van der Waals surface area contributed by atoms with Crippen molar-refractivity contribution in [3.8, 4) is 5.75 Å². The summed E-state index contributed by atoms with van der Waals surface area (Å²) in [5.41, 5.74) is 2.70. The number of ether oxygens (including phenoxy) is 1. The molecule has 0 saturated carbocycles. The largest absolute Gasteiger partial charge is 0.486 e. The third-order valence-corrected chi connectivity index (χ3v) is 3.11. The molecule has 22 heavy (non-hydrogen) atoms. The second-order valence-corrected chi connectivity index (χ2v) is 4.73. The number of H-pyrrole nitrogens is 1. The third kappa shape index (κ3) is 3.32. The molecule has 0 bridgehead atoms. The molecule has 0 aliphatic heterocycles. The van der Waals surface area contributed by atoms with Gasteiger partial charge in [-0.2, -0.15) is 0 Å². The van der Waals surface area contributed by atoms with Crippen molar-refractivity contribution in [3.63, 3.8) is 0 Å². The van der Waals surface area contributed by atoms with Crippen LogP contribution in [0, 0.1) is 0 Å². The number of carbonyl (C=O) groups is 1. The lowest BCUT2D eigenvalue weighted by Gasteiger charge is -2.04. The quantitative estimate of drug-likeness (QED) is 0.708. The number of fused-ring (bicyclic) bond motifs is 1. The van der Waals surface area contributed by atoms with E-state index in [0.29, 0.717) is 12.4 Å². The Morgan fingerprint density at radius 3 is 2.68 bits per heavy atom. The monoisotopic (exact) mass is 294 g/mol. The molecule has 0 atom stereocenters. The zero-order valence-electron chi connectivity index (χ0n) is 11.7. The summed E-state index contributed by atoms with van der Waals surface area (Å²) in [5.74, 6) is 0.495. The molecular weight excluding hydrogens is 280 g/mol. The highest BCUT2D eigenvalue weighted by atomic mass is 16.5. The molecule has 5 heteroatoms. The zero-order valence-corrected chi connectivity index (χ0v) is 11.7. The molecule has 0 aliphatic rings. The van der Waals surface area contributed by atoms with Gasteiger partial charge in [0.1, 0.15) is 18.2 Å². The standard InChI is InChI=1S/C17H14N2O3/c20-17(21)10-7-12-5-8-13(9-6-12)22-11-16-18-14-3-1-2-4-15(14)19-16/h1-10H,11H2,(H,18,19)(H,20,21). The third-order valence-electron chi connectivity index (χ3n) is 3.11. The van der Waals surface area contributed by atoms with E-state index in [2.05, 4.69) is 9.97 Å². The molecule has 2 aromatic carbocycles. The van der Waals surface area contributed by atoms with Crippen molar-refractivity contribution in [2.45, 2.75) is 6.61 Å². The first kappa shape index (κ1) is 13.9. The van der Waals surface area contributed by atoms with E-state index in [1.807, 2.05) is 24.3 Å². The van der Waals surface area contributed by atoms with Crippen molar-refractivity contribution in [2.24, 2.45) is 0 Å². The van der Waals surface area contributed by atoms with Gasteiger partial charge in [0.05, 0.1) is 11.0 Å². The van der Waals surface area contributed by atoms with Gasteiger partial charge >= 0.3 is 5.97 Å². The fourth-order valence-corrected chi connectivity index (χ4v) is 2.07. The maximum Gasteiger partial charge on any atom is 0.328 e. The highest BCUT2D eigenvalue weighted by molar-refractivity contribution is 5.85. The Hall–Kier alpha value is -3.08. The highest BCUT2D eigenvalue weighted by Gasteiger charge is 2.02. The van der Waals surface area contributed by atoms with Gasteiger partial charge in [-0.25, -0.2) is 9.78 Å². The lowest BCUT2D eigenvalue weighted by Crippen LogP contribution is -1.97. The van der Waals surface area contributed by atoms with E-state index < -0.39 is 5.97 Å². The minimum atomic E-state index is -0.967. The minimum absolute atomic E-state index is 0.346. The molecule has 0 saturated heterocycles. The smallest absolute Gasteiger partial charge is 0.328 e. The fraction of sp³-hybridized carbons (Fsp3) is 0.0588. The number of carboxylic acids is 1. The molecule has 0 fully saturated rings. The molecule has 3 aromatic rings. The number of carboxylic acid groups (broad SMARTS) is 1. The number of hydrogen-bond acceptors (Lipinski definition) is 3. The molecular formula is C17H14N2O3. The van der Waals surface area contributed by atoms with Crippen LogP contribution in [0.3, 0.4) is 0 Å². The molecule has 0 radical (unpaired) electrons. The highest BCUT2D eigenvalue weighted by Crippen LogP contribution is 2.16. The Kier molecular flexibility index (Phi) is 3.87. The van der Waals surface area contributed by atoms with Crippen LogP contribution in [-0.4, -0.2) is 21.0 Å². The number of rotatable bonds is 5. The number of aliphatic carboxylic acids is 1. The van der Waals surface area contributed by atoms with Gasteiger partial charge in [-0.1, -0.05) is 24.3 Å². The van der Waals surface area contributed by atoms with Crippen LogP contribution in [0.1, 0.15) is 11.4 Å². The van der Waals surface area contributed by atoms with Crippen LogP contribution in [0.4, 0.5) is 0 Å². The van der Waals surface area contributed by atoms with Gasteiger partial charge in [-0.15, -0.1) is 0 Å². The predicted octanol–water partition coefficient (Wildman–Crippen LogP) is 3.24. The second-order valence-electron chi connectivity index (χ2n) is 4.73. The summed E-state index contributed by atoms with van der Waals surface area (Å²) in [4.78, 5) is 18.1. The van der Waals surface area contributed by atoms with Crippen molar-refractivity contribution in [3.05, 3.63) is 66.0 Å². The zero-order chi connectivity index (χ0) is 15.4. The van der Waals surface area contributed by atoms with Crippen LogP contribution >= 0.6 is 0 Å². The van der Waals surface area contributed by atoms with Gasteiger partial charge in [-0.3, -0.25) is 0 Å². The Bertz CT molecular complexity index is 786. The van der Waals surface area contributed by atoms with E-state index in [-0.39, 0.29) is 0 Å². The maximum absolute atomic E-state index is 10.5. The SMILES string of the molecule is O=C(O)C=Cc1ccc(OCc2nc3ccccc3[nH]2)cc1. The number of para-hydroxylation sites is 2. The topological polar surface area (TPSA) is 75.2 Å². The number of imidazole rings is 1. The van der Waals surface area contributed by atoms with Gasteiger partial charge in [0, 0.05) is 6.08 Å². The lowest BCUT2D eigenvalue weighted by atomic mass is 10.2. The molecule has 0 aliphatic carbocycles. The van der Waals surface area contributed by atoms with Gasteiger partial charge in [0.25, 0.3) is 0 Å². The molecule has 110 valence electrons. The normalized spacial score (nSPS) is 11.1. The molecule has 0 spiro atoms. The first-order valence-electron chi connectivity index (χ1n) is 6.78. The second kappa shape index (κ2) is 6.13. The molecule has 5 nitrogen and oxygen atoms in total. The summed E-state index contributed by atoms with van der Waals surface area (Å²) in [6.45, 7) is 0.346. The predicted molar refractivity (Wildman–Crippen MR) is 83.5 cm³/mol. The first-order valence-corrected chi connectivity index (χ1v) is 6.78. The van der Waals surface area contributed by atoms with Crippen LogP contribution in [0.5, 0.6) is 5.75 Å². The van der Waals surface area contributed by atoms with E-state index in [0.717, 1.165) is 28.5 Å². The Morgan fingerprint density at radius 1 is 1.18 bits per heavy atom. The minimum Gasteiger partial charge on any atom is -0.486 e. The number of hydrogen-bond donors (Lipinski definition) is 2. The average molecular weight is 294 g/mol. The van der Waals surface area contributed by atoms with Crippen molar-refractivity contribution < 1.29 is 14.6 Å². The number of aromatic nitrogens is 2. The van der Waals surface area contributed by atoms with Gasteiger partial charge in [0.15, 0.2) is 0 Å². The number of aromatic amines is 1. The van der Waals surface area contributed by atoms with E-state index in [1.165, 1.54) is 6.08 Å². The number of nitrogens with one attached hydrogen (secondary N) is 1. The molecule has 1 heterocycles. The Morgan fingerprint density at radius 2 is 1.95 bits per heavy atom. The van der Waals surface area contributed by atoms with E-state index in [4.69, 9.17) is 9.84 Å². The van der Waals surface area contributed by atoms with E-state index in [9.17, 15) is 4.79 Å². The van der Waals surface area contributed by atoms with Crippen molar-refractivity contribution in [1.82, 2.24) is 9.97 Å². The fourth-order valence-electron chi connectivity index (χ4n) is 2.07. The van der Waals surface area contributed by atoms with Crippen LogP contribution < -0.4 is 4.74 Å². The van der Waals surface area contributed by atoms with Crippen LogP contribution in [0.15, 0.2) is 54.6 Å². The summed E-state index contributed by atoms with van der Waals surface area (Å²) in [6, 6.07) is 15.0. The summed E-state index contributed by atoms with van der Waals surface area (Å²) in [5, 5.41) is 8.58. The van der Waals surface area contributed by atoms with E-state index >= 15 is 0 Å². The molecule has 0 unspecified atom stereocenters. The molecule has 3 rings (SSSR count). The van der Waals surface area contributed by atoms with Crippen LogP contribution in [0.25, 0.3) is 17.1 Å². The van der Waals surface area contributed by atoms with Gasteiger partial charge in [0.2, 0.25) is 0 Å². The summed E-state index contributed by atoms with van der Waals surface area (Å²) >= 11 is 0. The van der Waals surface area contributed by atoms with Crippen LogP contribution in [-0.2, 0) is 11.4 Å². The van der Waals surface area contributed by atoms with Gasteiger partial charge < -0.3 is 14.8 Å². The summed E-state index contributed by atoms with van der Waals surface area (Å²) in [7, 11) is 0. The van der Waals surface area contributed by atoms with Crippen molar-refractivity contribution in [1.29, 1.82) is 0 Å². The van der Waals surface area contributed by atoms with Gasteiger partial charge in [-0.05, 0) is 35.9 Å². The summed E-state index contributed by atoms with van der Waals surface area (Å²) < 4.78 is 5.67.